The van der Waals surface area contributed by atoms with Crippen LogP contribution >= 0.6 is 0 Å². The lowest BCUT2D eigenvalue weighted by molar-refractivity contribution is 0.572. The Hall–Kier alpha value is -0.260. The maximum absolute atomic E-state index is 4.04. The molecule has 2 aliphatic carbocycles. The van der Waals surface area contributed by atoms with Crippen molar-refractivity contribution in [3.05, 3.63) is 12.2 Å². The SMILES string of the molecule is C=C1CCCC2CC12. The van der Waals surface area contributed by atoms with E-state index in [2.05, 4.69) is 6.58 Å². The van der Waals surface area contributed by atoms with Crippen LogP contribution in [0.1, 0.15) is 25.7 Å². The molecule has 2 aliphatic rings. The average Bonchev–Trinajstić information content (AvgIpc) is 2.45. The topological polar surface area (TPSA) is 0 Å². The van der Waals surface area contributed by atoms with Crippen molar-refractivity contribution in [2.75, 3.05) is 0 Å². The number of fused-ring (bicyclic) bond motifs is 1. The van der Waals surface area contributed by atoms with Crippen LogP contribution in [0.5, 0.6) is 0 Å². The van der Waals surface area contributed by atoms with Gasteiger partial charge in [-0.1, -0.05) is 12.2 Å². The normalized spacial score (nSPS) is 43.8. The summed E-state index contributed by atoms with van der Waals surface area (Å²) in [5.74, 6) is 2.06. The fourth-order valence-corrected chi connectivity index (χ4v) is 1.84. The molecule has 0 radical (unpaired) electrons. The predicted octanol–water partition coefficient (Wildman–Crippen LogP) is 2.36. The highest BCUT2D eigenvalue weighted by Crippen LogP contribution is 2.51. The minimum Gasteiger partial charge on any atom is -0.0996 e. The molecule has 0 aromatic carbocycles. The van der Waals surface area contributed by atoms with Crippen molar-refractivity contribution in [1.29, 1.82) is 0 Å². The first-order chi connectivity index (χ1) is 3.88. The van der Waals surface area contributed by atoms with Crippen molar-refractivity contribution in [3.8, 4) is 0 Å². The van der Waals surface area contributed by atoms with E-state index >= 15 is 0 Å². The Morgan fingerprint density at radius 1 is 1.50 bits per heavy atom. The van der Waals surface area contributed by atoms with Gasteiger partial charge >= 0.3 is 0 Å². The number of hydrogen-bond donors (Lipinski definition) is 0. The predicted molar refractivity (Wildman–Crippen MR) is 34.6 cm³/mol. The van der Waals surface area contributed by atoms with Gasteiger partial charge in [0, 0.05) is 0 Å². The second kappa shape index (κ2) is 1.37. The van der Waals surface area contributed by atoms with Crippen LogP contribution in [-0.4, -0.2) is 0 Å². The van der Waals surface area contributed by atoms with Gasteiger partial charge in [-0.25, -0.2) is 0 Å². The van der Waals surface area contributed by atoms with Gasteiger partial charge in [0.05, 0.1) is 0 Å². The molecule has 0 aromatic rings. The molecule has 0 heterocycles. The lowest BCUT2D eigenvalue weighted by atomic mass is 9.97. The van der Waals surface area contributed by atoms with E-state index in [0.29, 0.717) is 0 Å². The molecule has 44 valence electrons. The lowest BCUT2D eigenvalue weighted by Gasteiger charge is -2.09. The van der Waals surface area contributed by atoms with Gasteiger partial charge in [0.2, 0.25) is 0 Å². The summed E-state index contributed by atoms with van der Waals surface area (Å²) >= 11 is 0. The standard InChI is InChI=1S/C8H12/c1-6-3-2-4-7-5-8(6)7/h7-8H,1-5H2. The number of allylic oxidation sites excluding steroid dienone is 1. The Labute approximate surface area is 50.6 Å². The molecule has 0 nitrogen and oxygen atoms in total. The average molecular weight is 108 g/mol. The van der Waals surface area contributed by atoms with Gasteiger partial charge in [-0.05, 0) is 37.5 Å². The largest absolute Gasteiger partial charge is 0.0996 e. The van der Waals surface area contributed by atoms with Gasteiger partial charge in [-0.15, -0.1) is 0 Å². The molecule has 2 rings (SSSR count). The van der Waals surface area contributed by atoms with E-state index in [-0.39, 0.29) is 0 Å². The highest BCUT2D eigenvalue weighted by molar-refractivity contribution is 5.14. The molecule has 8 heavy (non-hydrogen) atoms. The van der Waals surface area contributed by atoms with Crippen LogP contribution in [-0.2, 0) is 0 Å². The van der Waals surface area contributed by atoms with Crippen LogP contribution in [0.2, 0.25) is 0 Å². The third-order valence-corrected chi connectivity index (χ3v) is 2.52. The highest BCUT2D eigenvalue weighted by Gasteiger charge is 2.40. The fourth-order valence-electron chi connectivity index (χ4n) is 1.84. The summed E-state index contributed by atoms with van der Waals surface area (Å²) in [7, 11) is 0. The van der Waals surface area contributed by atoms with Crippen LogP contribution in [0.4, 0.5) is 0 Å². The molecule has 0 saturated heterocycles. The quantitative estimate of drug-likeness (QED) is 0.418. The Morgan fingerprint density at radius 3 is 3.00 bits per heavy atom. The van der Waals surface area contributed by atoms with E-state index in [1.165, 1.54) is 25.7 Å². The number of rotatable bonds is 0. The third kappa shape index (κ3) is 0.521. The maximum Gasteiger partial charge on any atom is -0.0174 e. The molecule has 2 saturated carbocycles. The van der Waals surface area contributed by atoms with Gasteiger partial charge in [-0.2, -0.15) is 0 Å². The molecule has 0 amide bonds. The van der Waals surface area contributed by atoms with Crippen LogP contribution in [0.3, 0.4) is 0 Å². The first kappa shape index (κ1) is 4.60. The summed E-state index contributed by atoms with van der Waals surface area (Å²) in [6.07, 6.45) is 5.70. The van der Waals surface area contributed by atoms with Gasteiger partial charge < -0.3 is 0 Å². The molecule has 0 spiro atoms. The summed E-state index contributed by atoms with van der Waals surface area (Å²) in [6.45, 7) is 4.04. The van der Waals surface area contributed by atoms with E-state index in [1.54, 1.807) is 5.57 Å². The zero-order chi connectivity index (χ0) is 5.56. The Bertz CT molecular complexity index is 124. The summed E-state index contributed by atoms with van der Waals surface area (Å²) in [4.78, 5) is 0. The van der Waals surface area contributed by atoms with Gasteiger partial charge in [-0.3, -0.25) is 0 Å². The molecular formula is C8H12. The highest BCUT2D eigenvalue weighted by atomic mass is 14.4. The summed E-state index contributed by atoms with van der Waals surface area (Å²) in [5, 5.41) is 0. The zero-order valence-corrected chi connectivity index (χ0v) is 5.19. The Kier molecular flexibility index (Phi) is 0.787. The first-order valence-electron chi connectivity index (χ1n) is 3.55. The Balaban J connectivity index is 2.08. The zero-order valence-electron chi connectivity index (χ0n) is 5.19. The van der Waals surface area contributed by atoms with Gasteiger partial charge in [0.15, 0.2) is 0 Å². The minimum absolute atomic E-state index is 0.976. The van der Waals surface area contributed by atoms with Gasteiger partial charge in [0.25, 0.3) is 0 Å². The summed E-state index contributed by atoms with van der Waals surface area (Å²) in [6, 6.07) is 0. The van der Waals surface area contributed by atoms with E-state index in [0.717, 1.165) is 11.8 Å². The third-order valence-electron chi connectivity index (χ3n) is 2.52. The van der Waals surface area contributed by atoms with Crippen molar-refractivity contribution < 1.29 is 0 Å². The molecular weight excluding hydrogens is 96.1 g/mol. The van der Waals surface area contributed by atoms with Crippen molar-refractivity contribution in [2.24, 2.45) is 11.8 Å². The maximum atomic E-state index is 4.04. The van der Waals surface area contributed by atoms with Crippen LogP contribution in [0.15, 0.2) is 12.2 Å². The minimum atomic E-state index is 0.976. The van der Waals surface area contributed by atoms with E-state index in [1.807, 2.05) is 0 Å². The fraction of sp³-hybridized carbons (Fsp3) is 0.750. The summed E-state index contributed by atoms with van der Waals surface area (Å²) < 4.78 is 0. The van der Waals surface area contributed by atoms with Crippen LogP contribution < -0.4 is 0 Å². The van der Waals surface area contributed by atoms with Crippen molar-refractivity contribution >= 4 is 0 Å². The van der Waals surface area contributed by atoms with Crippen molar-refractivity contribution in [3.63, 3.8) is 0 Å². The smallest absolute Gasteiger partial charge is 0.0174 e. The van der Waals surface area contributed by atoms with Crippen molar-refractivity contribution in [1.82, 2.24) is 0 Å². The number of hydrogen-bond acceptors (Lipinski definition) is 0. The molecule has 0 heteroatoms. The molecule has 0 aliphatic heterocycles. The van der Waals surface area contributed by atoms with Gasteiger partial charge in [0.1, 0.15) is 0 Å². The summed E-state index contributed by atoms with van der Waals surface area (Å²) in [5.41, 5.74) is 1.54. The Morgan fingerprint density at radius 2 is 2.38 bits per heavy atom. The molecule has 0 aromatic heterocycles. The van der Waals surface area contributed by atoms with Crippen LogP contribution in [0.25, 0.3) is 0 Å². The van der Waals surface area contributed by atoms with Crippen LogP contribution in [0, 0.1) is 11.8 Å². The first-order valence-corrected chi connectivity index (χ1v) is 3.55. The van der Waals surface area contributed by atoms with E-state index in [4.69, 9.17) is 0 Å². The second-order valence-corrected chi connectivity index (χ2v) is 3.15. The van der Waals surface area contributed by atoms with E-state index < -0.39 is 0 Å². The molecule has 2 atom stereocenters. The lowest BCUT2D eigenvalue weighted by Crippen LogP contribution is -1.95. The van der Waals surface area contributed by atoms with E-state index in [9.17, 15) is 0 Å². The molecule has 0 bridgehead atoms. The molecule has 2 unspecified atom stereocenters. The monoisotopic (exact) mass is 108 g/mol. The second-order valence-electron chi connectivity index (χ2n) is 3.15. The van der Waals surface area contributed by atoms with Crippen molar-refractivity contribution in [2.45, 2.75) is 25.7 Å². The molecule has 2 fully saturated rings. The molecule has 0 N–H and O–H groups in total.